The zero-order valence-electron chi connectivity index (χ0n) is 13.3. The molecule has 0 aromatic heterocycles. The number of rotatable bonds is 7. The van der Waals surface area contributed by atoms with Gasteiger partial charge in [-0.2, -0.15) is 0 Å². The highest BCUT2D eigenvalue weighted by Gasteiger charge is 2.09. The van der Waals surface area contributed by atoms with Gasteiger partial charge in [-0.05, 0) is 35.4 Å². The van der Waals surface area contributed by atoms with Crippen LogP contribution < -0.4 is 15.4 Å². The molecule has 0 atom stereocenters. The van der Waals surface area contributed by atoms with Crippen LogP contribution in [0, 0.1) is 5.82 Å². The topological polar surface area (TPSA) is 67.4 Å². The number of carbonyl (C=O) groups excluding carboxylic acids is 2. The monoisotopic (exact) mass is 330 g/mol. The molecule has 0 aliphatic heterocycles. The maximum absolute atomic E-state index is 12.8. The smallest absolute Gasteiger partial charge is 0.229 e. The van der Waals surface area contributed by atoms with Crippen molar-refractivity contribution in [3.8, 4) is 5.75 Å². The van der Waals surface area contributed by atoms with Gasteiger partial charge < -0.3 is 15.4 Å². The van der Waals surface area contributed by atoms with Gasteiger partial charge in [0.2, 0.25) is 11.8 Å². The van der Waals surface area contributed by atoms with Crippen LogP contribution >= 0.6 is 0 Å². The van der Waals surface area contributed by atoms with Gasteiger partial charge in [0.15, 0.2) is 0 Å². The molecule has 0 radical (unpaired) electrons. The van der Waals surface area contributed by atoms with Gasteiger partial charge in [0.05, 0.1) is 7.11 Å². The number of ether oxygens (including phenoxy) is 1. The lowest BCUT2D eigenvalue weighted by atomic mass is 10.2. The van der Waals surface area contributed by atoms with Gasteiger partial charge in [-0.25, -0.2) is 4.39 Å². The van der Waals surface area contributed by atoms with Crippen LogP contribution in [0.1, 0.15) is 17.5 Å². The van der Waals surface area contributed by atoms with E-state index in [2.05, 4.69) is 10.6 Å². The van der Waals surface area contributed by atoms with Crippen LogP contribution in [0.4, 0.5) is 4.39 Å². The Morgan fingerprint density at radius 1 is 0.875 bits per heavy atom. The lowest BCUT2D eigenvalue weighted by molar-refractivity contribution is -0.129. The first-order valence-electron chi connectivity index (χ1n) is 7.47. The second-order valence-electron chi connectivity index (χ2n) is 5.20. The number of amides is 2. The molecule has 0 bridgehead atoms. The fraction of sp³-hybridized carbons (Fsp3) is 0.222. The highest BCUT2D eigenvalue weighted by molar-refractivity contribution is 5.96. The number of halogens is 1. The van der Waals surface area contributed by atoms with E-state index in [0.29, 0.717) is 6.54 Å². The Labute approximate surface area is 139 Å². The number of hydrogen-bond donors (Lipinski definition) is 2. The van der Waals surface area contributed by atoms with E-state index in [0.717, 1.165) is 16.9 Å². The average Bonchev–Trinajstić information content (AvgIpc) is 2.60. The molecule has 5 nitrogen and oxygen atoms in total. The molecule has 2 rings (SSSR count). The normalized spacial score (nSPS) is 10.1. The van der Waals surface area contributed by atoms with Crippen LogP contribution in [-0.2, 0) is 22.7 Å². The van der Waals surface area contributed by atoms with Crippen molar-refractivity contribution >= 4 is 11.8 Å². The molecular formula is C18H19FN2O3. The van der Waals surface area contributed by atoms with Crippen molar-refractivity contribution in [2.24, 2.45) is 0 Å². The van der Waals surface area contributed by atoms with E-state index in [9.17, 15) is 14.0 Å². The third-order valence-electron chi connectivity index (χ3n) is 3.37. The summed E-state index contributed by atoms with van der Waals surface area (Å²) in [6.07, 6.45) is -0.253. The highest BCUT2D eigenvalue weighted by atomic mass is 19.1. The lowest BCUT2D eigenvalue weighted by Gasteiger charge is -2.07. The largest absolute Gasteiger partial charge is 0.497 e. The first kappa shape index (κ1) is 17.5. The Hall–Kier alpha value is -2.89. The Balaban J connectivity index is 1.70. The maximum Gasteiger partial charge on any atom is 0.229 e. The molecule has 6 heteroatoms. The minimum absolute atomic E-state index is 0.253. The Kier molecular flexibility index (Phi) is 6.31. The average molecular weight is 330 g/mol. The second-order valence-corrected chi connectivity index (χ2v) is 5.20. The summed E-state index contributed by atoms with van der Waals surface area (Å²) in [5.74, 6) is -0.331. The molecule has 24 heavy (non-hydrogen) atoms. The number of nitrogens with one attached hydrogen (secondary N) is 2. The first-order chi connectivity index (χ1) is 11.6. The number of hydrogen-bond acceptors (Lipinski definition) is 3. The predicted molar refractivity (Wildman–Crippen MR) is 87.7 cm³/mol. The summed E-state index contributed by atoms with van der Waals surface area (Å²) < 4.78 is 17.8. The summed E-state index contributed by atoms with van der Waals surface area (Å²) in [5.41, 5.74) is 1.68. The van der Waals surface area contributed by atoms with Crippen molar-refractivity contribution in [3.63, 3.8) is 0 Å². The third kappa shape index (κ3) is 5.72. The van der Waals surface area contributed by atoms with E-state index in [1.165, 1.54) is 12.1 Å². The number of benzene rings is 2. The molecule has 0 aliphatic rings. The molecule has 0 saturated heterocycles. The molecule has 2 amide bonds. The first-order valence-corrected chi connectivity index (χ1v) is 7.47. The molecular weight excluding hydrogens is 311 g/mol. The van der Waals surface area contributed by atoms with Crippen LogP contribution in [0.3, 0.4) is 0 Å². The van der Waals surface area contributed by atoms with Gasteiger partial charge in [-0.3, -0.25) is 9.59 Å². The molecule has 0 fully saturated rings. The van der Waals surface area contributed by atoms with Crippen LogP contribution in [-0.4, -0.2) is 18.9 Å². The molecule has 2 aromatic rings. The van der Waals surface area contributed by atoms with Crippen LogP contribution in [0.25, 0.3) is 0 Å². The molecule has 0 spiro atoms. The lowest BCUT2D eigenvalue weighted by Crippen LogP contribution is -2.31. The van der Waals surface area contributed by atoms with Crippen LogP contribution in [0.2, 0.25) is 0 Å². The molecule has 0 aliphatic carbocycles. The Morgan fingerprint density at radius 3 is 1.79 bits per heavy atom. The number of methoxy groups -OCH3 is 1. The second kappa shape index (κ2) is 8.67. The predicted octanol–water partition coefficient (Wildman–Crippen LogP) is 2.16. The molecule has 0 unspecified atom stereocenters. The fourth-order valence-electron chi connectivity index (χ4n) is 2.02. The van der Waals surface area contributed by atoms with Gasteiger partial charge in [0.1, 0.15) is 18.0 Å². The minimum atomic E-state index is -0.383. The van der Waals surface area contributed by atoms with Crippen LogP contribution in [0.15, 0.2) is 48.5 Å². The summed E-state index contributed by atoms with van der Waals surface area (Å²) in [4.78, 5) is 23.5. The Bertz CT molecular complexity index is 684. The molecule has 126 valence electrons. The Morgan fingerprint density at radius 2 is 1.33 bits per heavy atom. The molecule has 0 saturated carbocycles. The molecule has 2 N–H and O–H groups in total. The quantitative estimate of drug-likeness (QED) is 0.765. The number of carbonyl (C=O) groups is 2. The van der Waals surface area contributed by atoms with Gasteiger partial charge in [0.25, 0.3) is 0 Å². The summed E-state index contributed by atoms with van der Waals surface area (Å²) in [6, 6.07) is 13.1. The van der Waals surface area contributed by atoms with Gasteiger partial charge in [-0.1, -0.05) is 24.3 Å². The van der Waals surface area contributed by atoms with E-state index < -0.39 is 0 Å². The summed E-state index contributed by atoms with van der Waals surface area (Å²) in [5, 5.41) is 5.31. The van der Waals surface area contributed by atoms with E-state index in [1.54, 1.807) is 31.4 Å². The molecule has 0 heterocycles. The zero-order chi connectivity index (χ0) is 17.4. The van der Waals surface area contributed by atoms with Crippen molar-refractivity contribution in [1.82, 2.24) is 10.6 Å². The summed E-state index contributed by atoms with van der Waals surface area (Å²) in [7, 11) is 1.58. The van der Waals surface area contributed by atoms with Gasteiger partial charge >= 0.3 is 0 Å². The van der Waals surface area contributed by atoms with E-state index in [4.69, 9.17) is 4.74 Å². The fourth-order valence-corrected chi connectivity index (χ4v) is 2.02. The standard InChI is InChI=1S/C18H19FN2O3/c1-24-16-8-4-14(5-9-16)12-21-18(23)10-17(22)20-11-13-2-6-15(19)7-3-13/h2-9H,10-12H2,1H3,(H,20,22)(H,21,23). The van der Waals surface area contributed by atoms with Crippen molar-refractivity contribution in [3.05, 3.63) is 65.5 Å². The van der Waals surface area contributed by atoms with Crippen molar-refractivity contribution in [2.75, 3.05) is 7.11 Å². The van der Waals surface area contributed by atoms with Crippen LogP contribution in [0.5, 0.6) is 5.75 Å². The van der Waals surface area contributed by atoms with Gasteiger partial charge in [0, 0.05) is 13.1 Å². The summed E-state index contributed by atoms with van der Waals surface area (Å²) >= 11 is 0. The van der Waals surface area contributed by atoms with Crippen molar-refractivity contribution in [1.29, 1.82) is 0 Å². The molecule has 2 aromatic carbocycles. The third-order valence-corrected chi connectivity index (χ3v) is 3.37. The van der Waals surface area contributed by atoms with Crippen molar-refractivity contribution < 1.29 is 18.7 Å². The van der Waals surface area contributed by atoms with E-state index >= 15 is 0 Å². The zero-order valence-corrected chi connectivity index (χ0v) is 13.3. The van der Waals surface area contributed by atoms with E-state index in [1.807, 2.05) is 12.1 Å². The van der Waals surface area contributed by atoms with E-state index in [-0.39, 0.29) is 30.6 Å². The van der Waals surface area contributed by atoms with Gasteiger partial charge in [-0.15, -0.1) is 0 Å². The SMILES string of the molecule is COc1ccc(CNC(=O)CC(=O)NCc2ccc(F)cc2)cc1. The highest BCUT2D eigenvalue weighted by Crippen LogP contribution is 2.10. The maximum atomic E-state index is 12.8. The summed E-state index contributed by atoms with van der Waals surface area (Å²) in [6.45, 7) is 0.596. The minimum Gasteiger partial charge on any atom is -0.497 e. The van der Waals surface area contributed by atoms with Crippen molar-refractivity contribution in [2.45, 2.75) is 19.5 Å².